The molecule has 38 heavy (non-hydrogen) atoms. The summed E-state index contributed by atoms with van der Waals surface area (Å²) in [5, 5.41) is 4.79. The zero-order valence-corrected chi connectivity index (χ0v) is 21.8. The van der Waals surface area contributed by atoms with Crippen LogP contribution in [-0.2, 0) is 17.5 Å². The number of aromatic nitrogens is 2. The van der Waals surface area contributed by atoms with Gasteiger partial charge in [-0.2, -0.15) is 13.2 Å². The molecule has 1 saturated heterocycles. The molecule has 0 radical (unpaired) electrons. The summed E-state index contributed by atoms with van der Waals surface area (Å²) in [7, 11) is 0. The highest BCUT2D eigenvalue weighted by Crippen LogP contribution is 2.46. The minimum atomic E-state index is -4.41. The van der Waals surface area contributed by atoms with E-state index in [2.05, 4.69) is 53.4 Å². The summed E-state index contributed by atoms with van der Waals surface area (Å²) in [5.41, 5.74) is 1.01. The molecule has 0 unspecified atom stereocenters. The number of halogens is 3. The molecular weight excluding hydrogens is 491 g/mol. The van der Waals surface area contributed by atoms with Gasteiger partial charge in [0.2, 0.25) is 5.91 Å². The van der Waals surface area contributed by atoms with Crippen molar-refractivity contribution >= 4 is 22.6 Å². The number of hydrogen-bond donors (Lipinski definition) is 1. The standard InChI is InChI=1S/C29H34F3N5O/c1-20(2)28(9-7-24(18-28)35-19-21-5-6-22-4-3-10-33-25(22)16-21)27(38)37-14-12-36(13-15-37)26-17-23(8-11-34-26)29(30,31)32/h3-6,8,10-11,16-17,20,24,35H,7,9,12-15,18-19H2,1-2H3/t24-,28+/m1/s1. The molecule has 1 aromatic carbocycles. The van der Waals surface area contributed by atoms with Crippen LogP contribution in [0, 0.1) is 11.3 Å². The number of piperazine rings is 1. The van der Waals surface area contributed by atoms with Gasteiger partial charge >= 0.3 is 6.18 Å². The van der Waals surface area contributed by atoms with Gasteiger partial charge in [-0.05, 0) is 55.0 Å². The Balaban J connectivity index is 1.20. The number of nitrogens with one attached hydrogen (secondary N) is 1. The van der Waals surface area contributed by atoms with Gasteiger partial charge in [-0.15, -0.1) is 0 Å². The van der Waals surface area contributed by atoms with Crippen molar-refractivity contribution in [2.75, 3.05) is 31.1 Å². The number of carbonyl (C=O) groups excluding carboxylic acids is 1. The van der Waals surface area contributed by atoms with Crippen molar-refractivity contribution in [3.8, 4) is 0 Å². The molecule has 2 aliphatic rings. The predicted octanol–water partition coefficient (Wildman–Crippen LogP) is 5.28. The van der Waals surface area contributed by atoms with E-state index in [0.29, 0.717) is 32.0 Å². The van der Waals surface area contributed by atoms with E-state index in [1.54, 1.807) is 6.20 Å². The van der Waals surface area contributed by atoms with E-state index in [1.165, 1.54) is 11.8 Å². The van der Waals surface area contributed by atoms with Crippen LogP contribution >= 0.6 is 0 Å². The van der Waals surface area contributed by atoms with E-state index in [0.717, 1.165) is 48.8 Å². The van der Waals surface area contributed by atoms with Crippen LogP contribution in [0.5, 0.6) is 0 Å². The summed E-state index contributed by atoms with van der Waals surface area (Å²) < 4.78 is 39.4. The number of alkyl halides is 3. The normalized spacial score (nSPS) is 22.4. The Labute approximate surface area is 221 Å². The van der Waals surface area contributed by atoms with Crippen molar-refractivity contribution in [3.63, 3.8) is 0 Å². The molecular formula is C29H34F3N5O. The number of rotatable bonds is 6. The first-order valence-corrected chi connectivity index (χ1v) is 13.3. The third-order valence-electron chi connectivity index (χ3n) is 8.31. The second kappa shape index (κ2) is 10.5. The van der Waals surface area contributed by atoms with Crippen LogP contribution < -0.4 is 10.2 Å². The molecule has 1 aliphatic carbocycles. The molecule has 1 amide bonds. The average molecular weight is 526 g/mol. The van der Waals surface area contributed by atoms with Crippen molar-refractivity contribution in [1.82, 2.24) is 20.2 Å². The second-order valence-electron chi connectivity index (χ2n) is 10.8. The fourth-order valence-electron chi connectivity index (χ4n) is 5.92. The zero-order valence-electron chi connectivity index (χ0n) is 21.8. The minimum Gasteiger partial charge on any atom is -0.353 e. The van der Waals surface area contributed by atoms with Gasteiger partial charge in [-0.1, -0.05) is 32.0 Å². The number of nitrogens with zero attached hydrogens (tertiary/aromatic N) is 4. The molecule has 0 bridgehead atoms. The number of benzene rings is 1. The van der Waals surface area contributed by atoms with Crippen molar-refractivity contribution < 1.29 is 18.0 Å². The Hall–Kier alpha value is -3.20. The highest BCUT2D eigenvalue weighted by Gasteiger charge is 2.49. The van der Waals surface area contributed by atoms with Crippen molar-refractivity contribution in [3.05, 3.63) is 66.0 Å². The van der Waals surface area contributed by atoms with Gasteiger partial charge < -0.3 is 15.1 Å². The fourth-order valence-corrected chi connectivity index (χ4v) is 5.92. The monoisotopic (exact) mass is 525 g/mol. The first-order chi connectivity index (χ1) is 18.2. The molecule has 9 heteroatoms. The largest absolute Gasteiger partial charge is 0.416 e. The quantitative estimate of drug-likeness (QED) is 0.475. The molecule has 0 spiro atoms. The van der Waals surface area contributed by atoms with Crippen LogP contribution in [0.15, 0.2) is 54.9 Å². The Morgan fingerprint density at radius 2 is 1.87 bits per heavy atom. The number of amides is 1. The smallest absolute Gasteiger partial charge is 0.353 e. The van der Waals surface area contributed by atoms with E-state index >= 15 is 0 Å². The van der Waals surface area contributed by atoms with Crippen LogP contribution in [0.1, 0.15) is 44.2 Å². The first kappa shape index (κ1) is 26.4. The minimum absolute atomic E-state index is 0.170. The summed E-state index contributed by atoms with van der Waals surface area (Å²) in [6, 6.07) is 12.6. The maximum atomic E-state index is 13.9. The predicted molar refractivity (Wildman–Crippen MR) is 142 cm³/mol. The van der Waals surface area contributed by atoms with E-state index < -0.39 is 17.2 Å². The second-order valence-corrected chi connectivity index (χ2v) is 10.8. The molecule has 1 N–H and O–H groups in total. The lowest BCUT2D eigenvalue weighted by atomic mass is 9.74. The lowest BCUT2D eigenvalue weighted by Crippen LogP contribution is -2.54. The van der Waals surface area contributed by atoms with Gasteiger partial charge in [-0.25, -0.2) is 4.98 Å². The maximum absolute atomic E-state index is 13.9. The summed E-state index contributed by atoms with van der Waals surface area (Å²) in [6.07, 6.45) is 1.14. The highest BCUT2D eigenvalue weighted by molar-refractivity contribution is 5.84. The highest BCUT2D eigenvalue weighted by atomic mass is 19.4. The van der Waals surface area contributed by atoms with Crippen LogP contribution in [0.2, 0.25) is 0 Å². The fraction of sp³-hybridized carbons (Fsp3) is 0.483. The number of carbonyl (C=O) groups is 1. The Morgan fingerprint density at radius 3 is 2.61 bits per heavy atom. The van der Waals surface area contributed by atoms with E-state index in [9.17, 15) is 18.0 Å². The van der Waals surface area contributed by atoms with Crippen molar-refractivity contribution in [1.29, 1.82) is 0 Å². The van der Waals surface area contributed by atoms with Gasteiger partial charge in [0.1, 0.15) is 5.82 Å². The summed E-state index contributed by atoms with van der Waals surface area (Å²) in [5.74, 6) is 0.665. The average Bonchev–Trinajstić information content (AvgIpc) is 3.37. The third kappa shape index (κ3) is 5.34. The molecule has 2 atom stereocenters. The lowest BCUT2D eigenvalue weighted by molar-refractivity contribution is -0.145. The summed E-state index contributed by atoms with van der Waals surface area (Å²) in [6.45, 7) is 6.86. The van der Waals surface area contributed by atoms with Crippen LogP contribution in [0.25, 0.3) is 10.9 Å². The van der Waals surface area contributed by atoms with Crippen molar-refractivity contribution in [2.45, 2.75) is 51.9 Å². The van der Waals surface area contributed by atoms with E-state index in [1.807, 2.05) is 15.9 Å². The Morgan fingerprint density at radius 1 is 1.08 bits per heavy atom. The Bertz CT molecular complexity index is 1290. The molecule has 5 rings (SSSR count). The molecule has 1 aliphatic heterocycles. The van der Waals surface area contributed by atoms with Gasteiger partial charge in [-0.3, -0.25) is 9.78 Å². The lowest BCUT2D eigenvalue weighted by Gasteiger charge is -2.42. The number of pyridine rings is 2. The van der Waals surface area contributed by atoms with Gasteiger partial charge in [0.05, 0.1) is 16.5 Å². The van der Waals surface area contributed by atoms with E-state index in [-0.39, 0.29) is 17.9 Å². The van der Waals surface area contributed by atoms with Crippen molar-refractivity contribution in [2.24, 2.45) is 11.3 Å². The first-order valence-electron chi connectivity index (χ1n) is 13.3. The van der Waals surface area contributed by atoms with Crippen LogP contribution in [0.4, 0.5) is 19.0 Å². The molecule has 1 saturated carbocycles. The molecule has 202 valence electrons. The summed E-state index contributed by atoms with van der Waals surface area (Å²) >= 11 is 0. The summed E-state index contributed by atoms with van der Waals surface area (Å²) in [4.78, 5) is 26.2. The van der Waals surface area contributed by atoms with Crippen LogP contribution in [0.3, 0.4) is 0 Å². The van der Waals surface area contributed by atoms with Gasteiger partial charge in [0.25, 0.3) is 0 Å². The SMILES string of the molecule is CC(C)[C@]1(C(=O)N2CCN(c3cc(C(F)(F)F)ccn3)CC2)CC[C@@H](NCc2ccc3cccnc3c2)C1. The van der Waals surface area contributed by atoms with Gasteiger partial charge in [0, 0.05) is 56.5 Å². The molecule has 3 heterocycles. The van der Waals surface area contributed by atoms with Gasteiger partial charge in [0.15, 0.2) is 0 Å². The molecule has 3 aromatic rings. The third-order valence-corrected chi connectivity index (χ3v) is 8.31. The molecule has 6 nitrogen and oxygen atoms in total. The molecule has 2 aromatic heterocycles. The Kier molecular flexibility index (Phi) is 7.31. The number of fused-ring (bicyclic) bond motifs is 1. The number of anilines is 1. The number of hydrogen-bond acceptors (Lipinski definition) is 5. The zero-order chi connectivity index (χ0) is 26.9. The van der Waals surface area contributed by atoms with E-state index in [4.69, 9.17) is 0 Å². The van der Waals surface area contributed by atoms with Crippen LogP contribution in [-0.4, -0.2) is 53.0 Å². The molecule has 2 fully saturated rings. The topological polar surface area (TPSA) is 61.4 Å². The maximum Gasteiger partial charge on any atom is 0.416 e.